The molecule has 1 aliphatic rings. The minimum atomic E-state index is 0.653. The molecule has 0 aromatic carbocycles. The highest BCUT2D eigenvalue weighted by atomic mass is 32.1. The van der Waals surface area contributed by atoms with Crippen molar-refractivity contribution < 1.29 is 0 Å². The Morgan fingerprint density at radius 3 is 2.47 bits per heavy atom. The first-order valence-corrected chi connectivity index (χ1v) is 6.49. The second-order valence-corrected chi connectivity index (χ2v) is 5.49. The van der Waals surface area contributed by atoms with Gasteiger partial charge in [-0.05, 0) is 58.0 Å². The van der Waals surface area contributed by atoms with Crippen molar-refractivity contribution in [3.8, 4) is 0 Å². The van der Waals surface area contributed by atoms with Crippen molar-refractivity contribution in [2.75, 3.05) is 13.6 Å². The average molecular weight is 228 g/mol. The van der Waals surface area contributed by atoms with Crippen LogP contribution in [0.25, 0.3) is 0 Å². The van der Waals surface area contributed by atoms with Crippen LogP contribution < -0.4 is 5.73 Å². The highest BCUT2D eigenvalue weighted by molar-refractivity contribution is 7.80. The lowest BCUT2D eigenvalue weighted by Gasteiger charge is -2.33. The quantitative estimate of drug-likeness (QED) is 0.733. The number of hydrogen-bond acceptors (Lipinski definition) is 2. The third kappa shape index (κ3) is 4.94. The van der Waals surface area contributed by atoms with E-state index in [1.165, 1.54) is 25.7 Å². The predicted molar refractivity (Wildman–Crippen MR) is 70.1 cm³/mol. The number of rotatable bonds is 5. The van der Waals surface area contributed by atoms with Gasteiger partial charge in [0.05, 0.1) is 4.99 Å². The SMILES string of the molecule is CC1CCC(N(C)CCCC(N)=S)CC1. The van der Waals surface area contributed by atoms with Crippen LogP contribution in [0.3, 0.4) is 0 Å². The zero-order valence-corrected chi connectivity index (χ0v) is 10.9. The van der Waals surface area contributed by atoms with E-state index in [0.29, 0.717) is 4.99 Å². The van der Waals surface area contributed by atoms with Crippen molar-refractivity contribution in [1.82, 2.24) is 4.90 Å². The molecule has 0 unspecified atom stereocenters. The van der Waals surface area contributed by atoms with Gasteiger partial charge in [-0.1, -0.05) is 19.1 Å². The van der Waals surface area contributed by atoms with Crippen LogP contribution in [0, 0.1) is 5.92 Å². The first-order chi connectivity index (χ1) is 7.09. The smallest absolute Gasteiger partial charge is 0.0727 e. The Morgan fingerprint density at radius 2 is 1.93 bits per heavy atom. The van der Waals surface area contributed by atoms with Crippen LogP contribution in [-0.2, 0) is 0 Å². The molecule has 0 heterocycles. The van der Waals surface area contributed by atoms with Crippen molar-refractivity contribution in [1.29, 1.82) is 0 Å². The maximum Gasteiger partial charge on any atom is 0.0727 e. The largest absolute Gasteiger partial charge is 0.393 e. The number of thiocarbonyl (C=S) groups is 1. The second kappa shape index (κ2) is 6.44. The van der Waals surface area contributed by atoms with E-state index in [9.17, 15) is 0 Å². The van der Waals surface area contributed by atoms with Gasteiger partial charge in [-0.15, -0.1) is 0 Å². The summed E-state index contributed by atoms with van der Waals surface area (Å²) in [5.41, 5.74) is 5.49. The van der Waals surface area contributed by atoms with E-state index < -0.39 is 0 Å². The maximum atomic E-state index is 5.49. The zero-order valence-electron chi connectivity index (χ0n) is 10.0. The molecule has 2 N–H and O–H groups in total. The Labute approximate surface area is 99.2 Å². The summed E-state index contributed by atoms with van der Waals surface area (Å²) in [5, 5.41) is 0. The molecule has 1 saturated carbocycles. The summed E-state index contributed by atoms with van der Waals surface area (Å²) < 4.78 is 0. The van der Waals surface area contributed by atoms with E-state index in [1.807, 2.05) is 0 Å². The highest BCUT2D eigenvalue weighted by Gasteiger charge is 2.20. The van der Waals surface area contributed by atoms with E-state index in [1.54, 1.807) is 0 Å². The molecule has 88 valence electrons. The minimum Gasteiger partial charge on any atom is -0.393 e. The van der Waals surface area contributed by atoms with Gasteiger partial charge in [0.1, 0.15) is 0 Å². The normalized spacial score (nSPS) is 26.9. The number of nitrogens with two attached hydrogens (primary N) is 1. The van der Waals surface area contributed by atoms with Crippen LogP contribution in [0.4, 0.5) is 0 Å². The molecule has 2 nitrogen and oxygen atoms in total. The Morgan fingerprint density at radius 1 is 1.33 bits per heavy atom. The summed E-state index contributed by atoms with van der Waals surface area (Å²) in [6, 6.07) is 0.799. The van der Waals surface area contributed by atoms with E-state index in [4.69, 9.17) is 18.0 Å². The molecule has 1 fully saturated rings. The fraction of sp³-hybridized carbons (Fsp3) is 0.917. The molecule has 3 heteroatoms. The van der Waals surface area contributed by atoms with Crippen molar-refractivity contribution in [3.05, 3.63) is 0 Å². The zero-order chi connectivity index (χ0) is 11.3. The topological polar surface area (TPSA) is 29.3 Å². The summed E-state index contributed by atoms with van der Waals surface area (Å²) >= 11 is 4.88. The fourth-order valence-corrected chi connectivity index (χ4v) is 2.51. The molecular weight excluding hydrogens is 204 g/mol. The highest BCUT2D eigenvalue weighted by Crippen LogP contribution is 2.26. The Kier molecular flexibility index (Phi) is 5.54. The van der Waals surface area contributed by atoms with Gasteiger partial charge in [0.15, 0.2) is 0 Å². The van der Waals surface area contributed by atoms with E-state index in [0.717, 1.165) is 31.3 Å². The molecule has 0 spiro atoms. The molecule has 0 saturated heterocycles. The van der Waals surface area contributed by atoms with Crippen molar-refractivity contribution in [2.45, 2.75) is 51.5 Å². The first kappa shape index (κ1) is 12.9. The lowest BCUT2D eigenvalue weighted by molar-refractivity contribution is 0.169. The summed E-state index contributed by atoms with van der Waals surface area (Å²) in [7, 11) is 2.24. The van der Waals surface area contributed by atoms with E-state index in [2.05, 4.69) is 18.9 Å². The Bertz CT molecular complexity index is 198. The summed E-state index contributed by atoms with van der Waals surface area (Å²) in [6.07, 6.45) is 7.52. The molecule has 0 aromatic heterocycles. The van der Waals surface area contributed by atoms with Gasteiger partial charge in [0.25, 0.3) is 0 Å². The van der Waals surface area contributed by atoms with Gasteiger partial charge in [-0.2, -0.15) is 0 Å². The molecule has 0 radical (unpaired) electrons. The van der Waals surface area contributed by atoms with E-state index >= 15 is 0 Å². The van der Waals surface area contributed by atoms with Crippen molar-refractivity contribution in [3.63, 3.8) is 0 Å². The van der Waals surface area contributed by atoms with Gasteiger partial charge in [0, 0.05) is 6.04 Å². The van der Waals surface area contributed by atoms with Crippen LogP contribution in [0.1, 0.15) is 45.4 Å². The monoisotopic (exact) mass is 228 g/mol. The molecule has 0 bridgehead atoms. The summed E-state index contributed by atoms with van der Waals surface area (Å²) in [4.78, 5) is 3.14. The second-order valence-electron chi connectivity index (χ2n) is 4.96. The lowest BCUT2D eigenvalue weighted by Crippen LogP contribution is -2.35. The average Bonchev–Trinajstić information content (AvgIpc) is 2.18. The summed E-state index contributed by atoms with van der Waals surface area (Å²) in [6.45, 7) is 3.50. The van der Waals surface area contributed by atoms with Crippen LogP contribution in [0.5, 0.6) is 0 Å². The first-order valence-electron chi connectivity index (χ1n) is 6.08. The Balaban J connectivity index is 2.16. The minimum absolute atomic E-state index is 0.653. The Hall–Kier alpha value is -0.150. The van der Waals surface area contributed by atoms with Gasteiger partial charge >= 0.3 is 0 Å². The van der Waals surface area contributed by atoms with Gasteiger partial charge < -0.3 is 10.6 Å². The standard InChI is InChI=1S/C12H24N2S/c1-10-5-7-11(8-6-10)14(2)9-3-4-12(13)15/h10-11H,3-9H2,1-2H3,(H2,13,15). The van der Waals surface area contributed by atoms with Crippen LogP contribution >= 0.6 is 12.2 Å². The van der Waals surface area contributed by atoms with Crippen LogP contribution in [0.2, 0.25) is 0 Å². The van der Waals surface area contributed by atoms with Crippen molar-refractivity contribution in [2.24, 2.45) is 11.7 Å². The lowest BCUT2D eigenvalue weighted by atomic mass is 9.87. The van der Waals surface area contributed by atoms with Gasteiger partial charge in [-0.25, -0.2) is 0 Å². The molecule has 0 aromatic rings. The molecule has 0 atom stereocenters. The maximum absolute atomic E-state index is 5.49. The third-order valence-corrected chi connectivity index (χ3v) is 3.75. The number of nitrogens with zero attached hydrogens (tertiary/aromatic N) is 1. The fourth-order valence-electron chi connectivity index (χ4n) is 2.37. The summed E-state index contributed by atoms with van der Waals surface area (Å²) in [5.74, 6) is 0.936. The third-order valence-electron chi connectivity index (χ3n) is 3.54. The molecule has 0 amide bonds. The van der Waals surface area contributed by atoms with Crippen molar-refractivity contribution >= 4 is 17.2 Å². The van der Waals surface area contributed by atoms with Crippen LogP contribution in [-0.4, -0.2) is 29.5 Å². The molecule has 1 rings (SSSR count). The van der Waals surface area contributed by atoms with Gasteiger partial charge in [0.2, 0.25) is 0 Å². The molecule has 1 aliphatic carbocycles. The molecule has 15 heavy (non-hydrogen) atoms. The molecule has 0 aliphatic heterocycles. The van der Waals surface area contributed by atoms with E-state index in [-0.39, 0.29) is 0 Å². The number of hydrogen-bond donors (Lipinski definition) is 1. The molecular formula is C12H24N2S. The predicted octanol–water partition coefficient (Wildman–Crippen LogP) is 2.56. The van der Waals surface area contributed by atoms with Crippen LogP contribution in [0.15, 0.2) is 0 Å². The van der Waals surface area contributed by atoms with Gasteiger partial charge in [-0.3, -0.25) is 0 Å².